The topological polar surface area (TPSA) is 87.1 Å². The Morgan fingerprint density at radius 2 is 2.00 bits per heavy atom. The summed E-state index contributed by atoms with van der Waals surface area (Å²) in [5.41, 5.74) is 0.741. The highest BCUT2D eigenvalue weighted by atomic mass is 16.5. The maximum Gasteiger partial charge on any atom is 0.264 e. The minimum absolute atomic E-state index is 0.212. The Bertz CT molecular complexity index is 791. The number of aromatic nitrogens is 4. The van der Waals surface area contributed by atoms with Gasteiger partial charge in [0.05, 0.1) is 5.56 Å². The summed E-state index contributed by atoms with van der Waals surface area (Å²) in [5, 5.41) is 7.77. The average Bonchev–Trinajstić information content (AvgIpc) is 3.12. The van der Waals surface area contributed by atoms with Crippen molar-refractivity contribution in [2.24, 2.45) is 0 Å². The lowest BCUT2D eigenvalue weighted by Gasteiger charge is -2.06. The molecule has 0 unspecified atom stereocenters. The van der Waals surface area contributed by atoms with Gasteiger partial charge < -0.3 is 13.8 Å². The lowest BCUT2D eigenvalue weighted by Crippen LogP contribution is -1.97. The Hall–Kier alpha value is -2.70. The molecule has 0 atom stereocenters. The van der Waals surface area contributed by atoms with Crippen LogP contribution in [0.2, 0.25) is 0 Å². The van der Waals surface area contributed by atoms with Gasteiger partial charge in [-0.25, -0.2) is 0 Å². The maximum atomic E-state index is 5.78. The second-order valence-electron chi connectivity index (χ2n) is 5.25. The van der Waals surface area contributed by atoms with Crippen LogP contribution < -0.4 is 4.74 Å². The first-order valence-electron chi connectivity index (χ1n) is 7.14. The van der Waals surface area contributed by atoms with E-state index in [2.05, 4.69) is 20.3 Å². The van der Waals surface area contributed by atoms with Crippen molar-refractivity contribution in [2.45, 2.75) is 32.3 Å². The monoisotopic (exact) mass is 298 g/mol. The molecule has 0 aliphatic heterocycles. The molecule has 0 N–H and O–H groups in total. The molecule has 0 amide bonds. The van der Waals surface area contributed by atoms with Gasteiger partial charge in [0.1, 0.15) is 5.75 Å². The van der Waals surface area contributed by atoms with Gasteiger partial charge in [-0.15, -0.1) is 0 Å². The number of aryl methyl sites for hydroxylation is 1. The third kappa shape index (κ3) is 2.57. The van der Waals surface area contributed by atoms with Crippen LogP contribution in [0.15, 0.2) is 33.3 Å². The summed E-state index contributed by atoms with van der Waals surface area (Å²) in [4.78, 5) is 8.56. The molecule has 0 bridgehead atoms. The summed E-state index contributed by atoms with van der Waals surface area (Å²) in [5.74, 6) is 3.36. The van der Waals surface area contributed by atoms with Gasteiger partial charge >= 0.3 is 0 Å². The molecule has 0 radical (unpaired) electrons. The molecule has 2 aromatic heterocycles. The number of benzene rings is 1. The SMILES string of the molecule is Cc1noc(-c2ccccc2OCc2nc(C3CC3)no2)n1. The fourth-order valence-corrected chi connectivity index (χ4v) is 2.15. The predicted octanol–water partition coefficient (Wildman–Crippen LogP) is 2.88. The molecule has 3 aromatic rings. The van der Waals surface area contributed by atoms with Crippen LogP contribution in [0.4, 0.5) is 0 Å². The molecule has 2 heterocycles. The van der Waals surface area contributed by atoms with Crippen LogP contribution in [-0.4, -0.2) is 20.3 Å². The Morgan fingerprint density at radius 1 is 1.14 bits per heavy atom. The minimum Gasteiger partial charge on any atom is -0.483 e. The van der Waals surface area contributed by atoms with Crippen LogP contribution in [0.25, 0.3) is 11.5 Å². The summed E-state index contributed by atoms with van der Waals surface area (Å²) in [6.45, 7) is 1.98. The molecule has 0 saturated heterocycles. The molecule has 1 fully saturated rings. The Kier molecular flexibility index (Phi) is 3.10. The van der Waals surface area contributed by atoms with E-state index in [0.29, 0.717) is 29.3 Å². The molecule has 1 saturated carbocycles. The van der Waals surface area contributed by atoms with E-state index in [1.807, 2.05) is 24.3 Å². The molecule has 112 valence electrons. The second kappa shape index (κ2) is 5.25. The highest BCUT2D eigenvalue weighted by molar-refractivity contribution is 5.62. The van der Waals surface area contributed by atoms with Crippen LogP contribution >= 0.6 is 0 Å². The first-order chi connectivity index (χ1) is 10.8. The zero-order chi connectivity index (χ0) is 14.9. The van der Waals surface area contributed by atoms with Crippen LogP contribution in [0.1, 0.15) is 36.3 Å². The lowest BCUT2D eigenvalue weighted by atomic mass is 10.2. The van der Waals surface area contributed by atoms with Crippen LogP contribution in [0.3, 0.4) is 0 Å². The summed E-state index contributed by atoms with van der Waals surface area (Å²) < 4.78 is 16.2. The number of hydrogen-bond acceptors (Lipinski definition) is 7. The molecular weight excluding hydrogens is 284 g/mol. The van der Waals surface area contributed by atoms with Gasteiger partial charge in [0.2, 0.25) is 0 Å². The second-order valence-corrected chi connectivity index (χ2v) is 5.25. The fraction of sp³-hybridized carbons (Fsp3) is 0.333. The normalized spacial score (nSPS) is 14.2. The minimum atomic E-state index is 0.212. The van der Waals surface area contributed by atoms with E-state index in [1.54, 1.807) is 6.92 Å². The number of para-hydroxylation sites is 1. The van der Waals surface area contributed by atoms with Gasteiger partial charge in [-0.2, -0.15) is 9.97 Å². The molecule has 1 aromatic carbocycles. The van der Waals surface area contributed by atoms with Crippen LogP contribution in [0, 0.1) is 6.92 Å². The van der Waals surface area contributed by atoms with Crippen molar-refractivity contribution in [1.29, 1.82) is 0 Å². The van der Waals surface area contributed by atoms with E-state index in [1.165, 1.54) is 0 Å². The van der Waals surface area contributed by atoms with Crippen molar-refractivity contribution >= 4 is 0 Å². The van der Waals surface area contributed by atoms with E-state index >= 15 is 0 Å². The van der Waals surface area contributed by atoms with Crippen molar-refractivity contribution in [3.8, 4) is 17.2 Å². The molecular formula is C15H14N4O3. The molecule has 7 nitrogen and oxygen atoms in total. The van der Waals surface area contributed by atoms with Crippen molar-refractivity contribution in [3.05, 3.63) is 41.8 Å². The summed E-state index contributed by atoms with van der Waals surface area (Å²) in [6, 6.07) is 7.48. The summed E-state index contributed by atoms with van der Waals surface area (Å²) in [6.07, 6.45) is 2.28. The highest BCUT2D eigenvalue weighted by Gasteiger charge is 2.28. The van der Waals surface area contributed by atoms with Gasteiger partial charge in [0.15, 0.2) is 18.3 Å². The predicted molar refractivity (Wildman–Crippen MR) is 75.1 cm³/mol. The number of rotatable bonds is 5. The molecule has 22 heavy (non-hydrogen) atoms. The largest absolute Gasteiger partial charge is 0.483 e. The zero-order valence-electron chi connectivity index (χ0n) is 12.0. The van der Waals surface area contributed by atoms with Crippen molar-refractivity contribution in [1.82, 2.24) is 20.3 Å². The number of ether oxygens (including phenoxy) is 1. The molecule has 7 heteroatoms. The molecule has 4 rings (SSSR count). The Balaban J connectivity index is 1.52. The Labute approximate surface area is 126 Å². The van der Waals surface area contributed by atoms with Gasteiger partial charge in [0, 0.05) is 5.92 Å². The first kappa shape index (κ1) is 13.0. The molecule has 0 spiro atoms. The first-order valence-corrected chi connectivity index (χ1v) is 7.14. The van der Waals surface area contributed by atoms with E-state index in [-0.39, 0.29) is 6.61 Å². The maximum absolute atomic E-state index is 5.78. The highest BCUT2D eigenvalue weighted by Crippen LogP contribution is 2.38. The van der Waals surface area contributed by atoms with Crippen molar-refractivity contribution in [3.63, 3.8) is 0 Å². The lowest BCUT2D eigenvalue weighted by molar-refractivity contribution is 0.242. The summed E-state index contributed by atoms with van der Waals surface area (Å²) in [7, 11) is 0. The van der Waals surface area contributed by atoms with E-state index < -0.39 is 0 Å². The smallest absolute Gasteiger partial charge is 0.264 e. The molecule has 1 aliphatic rings. The van der Waals surface area contributed by atoms with E-state index in [0.717, 1.165) is 24.2 Å². The quantitative estimate of drug-likeness (QED) is 0.715. The zero-order valence-corrected chi connectivity index (χ0v) is 12.0. The van der Waals surface area contributed by atoms with Gasteiger partial charge in [-0.1, -0.05) is 22.4 Å². The third-order valence-electron chi connectivity index (χ3n) is 3.42. The van der Waals surface area contributed by atoms with Gasteiger partial charge in [-0.3, -0.25) is 0 Å². The number of nitrogens with zero attached hydrogens (tertiary/aromatic N) is 4. The van der Waals surface area contributed by atoms with Gasteiger partial charge in [0.25, 0.3) is 11.8 Å². The summed E-state index contributed by atoms with van der Waals surface area (Å²) >= 11 is 0. The van der Waals surface area contributed by atoms with Crippen LogP contribution in [-0.2, 0) is 6.61 Å². The molecule has 1 aliphatic carbocycles. The van der Waals surface area contributed by atoms with Gasteiger partial charge in [-0.05, 0) is 31.9 Å². The van der Waals surface area contributed by atoms with E-state index in [9.17, 15) is 0 Å². The fourth-order valence-electron chi connectivity index (χ4n) is 2.15. The average molecular weight is 298 g/mol. The third-order valence-corrected chi connectivity index (χ3v) is 3.42. The van der Waals surface area contributed by atoms with E-state index in [4.69, 9.17) is 13.8 Å². The standard InChI is InChI=1S/C15H14N4O3/c1-9-16-15(22-18-9)11-4-2-3-5-12(11)20-8-13-17-14(19-21-13)10-6-7-10/h2-5,10H,6-8H2,1H3. The Morgan fingerprint density at radius 3 is 2.77 bits per heavy atom. The van der Waals surface area contributed by atoms with Crippen molar-refractivity contribution in [2.75, 3.05) is 0 Å². The van der Waals surface area contributed by atoms with Crippen molar-refractivity contribution < 1.29 is 13.8 Å². The van der Waals surface area contributed by atoms with Crippen LogP contribution in [0.5, 0.6) is 5.75 Å². The number of hydrogen-bond donors (Lipinski definition) is 0.